The first-order valence-electron chi connectivity index (χ1n) is 8.41. The first kappa shape index (κ1) is 18.6. The Kier molecular flexibility index (Phi) is 7.94. The molecule has 1 aromatic carbocycles. The zero-order valence-corrected chi connectivity index (χ0v) is 15.4. The third kappa shape index (κ3) is 6.82. The summed E-state index contributed by atoms with van der Waals surface area (Å²) in [6, 6.07) is 8.18. The number of thiocarbonyl (C=S) groups is 1. The van der Waals surface area contributed by atoms with Crippen LogP contribution in [-0.4, -0.2) is 64.8 Å². The lowest BCUT2D eigenvalue weighted by atomic mass is 10.2. The summed E-state index contributed by atoms with van der Waals surface area (Å²) in [5.74, 6) is 0. The van der Waals surface area contributed by atoms with Crippen LogP contribution in [0.1, 0.15) is 12.0 Å². The van der Waals surface area contributed by atoms with E-state index in [0.29, 0.717) is 5.11 Å². The molecule has 132 valence electrons. The van der Waals surface area contributed by atoms with Gasteiger partial charge in [0.05, 0.1) is 26.0 Å². The van der Waals surface area contributed by atoms with E-state index in [1.807, 2.05) is 26.2 Å². The average Bonchev–Trinajstić information content (AvgIpc) is 2.60. The molecule has 0 aromatic heterocycles. The molecule has 7 heteroatoms. The van der Waals surface area contributed by atoms with Crippen molar-refractivity contribution in [1.29, 1.82) is 0 Å². The van der Waals surface area contributed by atoms with Gasteiger partial charge in [0.1, 0.15) is 13.1 Å². The maximum atomic E-state index is 5.36. The molecule has 0 bridgehead atoms. The molecule has 1 heterocycles. The van der Waals surface area contributed by atoms with Gasteiger partial charge in [0.25, 0.3) is 0 Å². The lowest BCUT2D eigenvalue weighted by Crippen LogP contribution is -3.14. The summed E-state index contributed by atoms with van der Waals surface area (Å²) in [6.07, 6.45) is 2.86. The highest BCUT2D eigenvalue weighted by atomic mass is 32.1. The topological polar surface area (TPSA) is 53.3 Å². The van der Waals surface area contributed by atoms with Gasteiger partial charge in [0, 0.05) is 32.7 Å². The standard InChI is InChI=1S/C17H27N5OS/c1-21(2)16-6-4-15(5-7-16)14-19-20-17(24)18-8-3-9-22-10-12-23-13-11-22/h4-7,14H,3,8-13H2,1-2H3,(H2,18,20,24)/p+1/b19-14-. The minimum absolute atomic E-state index is 0.563. The second-order valence-corrected chi connectivity index (χ2v) is 6.49. The summed E-state index contributed by atoms with van der Waals surface area (Å²) in [7, 11) is 4.05. The van der Waals surface area contributed by atoms with Crippen molar-refractivity contribution in [2.45, 2.75) is 6.42 Å². The van der Waals surface area contributed by atoms with E-state index < -0.39 is 0 Å². The summed E-state index contributed by atoms with van der Waals surface area (Å²) in [6.45, 7) is 6.00. The third-order valence-electron chi connectivity index (χ3n) is 3.98. The molecule has 1 saturated heterocycles. The number of hydrazone groups is 1. The molecule has 0 amide bonds. The highest BCUT2D eigenvalue weighted by Gasteiger charge is 2.12. The second-order valence-electron chi connectivity index (χ2n) is 6.08. The lowest BCUT2D eigenvalue weighted by molar-refractivity contribution is -0.908. The van der Waals surface area contributed by atoms with Crippen LogP contribution in [0.5, 0.6) is 0 Å². The summed E-state index contributed by atoms with van der Waals surface area (Å²) in [5, 5.41) is 7.92. The molecule has 0 radical (unpaired) electrons. The number of hydrogen-bond acceptors (Lipinski definition) is 4. The van der Waals surface area contributed by atoms with Gasteiger partial charge in [-0.3, -0.25) is 5.43 Å². The number of morpholine rings is 1. The van der Waals surface area contributed by atoms with E-state index in [1.165, 1.54) is 5.69 Å². The normalized spacial score (nSPS) is 15.4. The van der Waals surface area contributed by atoms with Gasteiger partial charge < -0.3 is 19.9 Å². The fourth-order valence-corrected chi connectivity index (χ4v) is 2.67. The fraction of sp³-hybridized carbons (Fsp3) is 0.529. The Morgan fingerprint density at radius 3 is 2.67 bits per heavy atom. The zero-order chi connectivity index (χ0) is 17.2. The van der Waals surface area contributed by atoms with Crippen LogP contribution >= 0.6 is 12.2 Å². The Bertz CT molecular complexity index is 526. The number of benzene rings is 1. The minimum atomic E-state index is 0.563. The maximum Gasteiger partial charge on any atom is 0.186 e. The van der Waals surface area contributed by atoms with Gasteiger partial charge in [-0.05, 0) is 29.9 Å². The molecule has 2 rings (SSSR count). The highest BCUT2D eigenvalue weighted by molar-refractivity contribution is 7.80. The van der Waals surface area contributed by atoms with Crippen molar-refractivity contribution >= 4 is 29.2 Å². The number of quaternary nitrogens is 1. The van der Waals surface area contributed by atoms with Gasteiger partial charge in [0.15, 0.2) is 5.11 Å². The van der Waals surface area contributed by atoms with Crippen LogP contribution in [0.2, 0.25) is 0 Å². The largest absolute Gasteiger partial charge is 0.378 e. The Balaban J connectivity index is 1.60. The van der Waals surface area contributed by atoms with Gasteiger partial charge in [-0.25, -0.2) is 0 Å². The Morgan fingerprint density at radius 1 is 1.29 bits per heavy atom. The van der Waals surface area contributed by atoms with E-state index in [2.05, 4.69) is 32.9 Å². The monoisotopic (exact) mass is 350 g/mol. The smallest absolute Gasteiger partial charge is 0.186 e. The molecule has 0 atom stereocenters. The van der Waals surface area contributed by atoms with E-state index in [0.717, 1.165) is 51.4 Å². The zero-order valence-electron chi connectivity index (χ0n) is 14.5. The van der Waals surface area contributed by atoms with Crippen LogP contribution in [0.4, 0.5) is 5.69 Å². The molecule has 1 aliphatic heterocycles. The first-order chi connectivity index (χ1) is 11.6. The molecule has 0 saturated carbocycles. The number of hydrogen-bond donors (Lipinski definition) is 3. The van der Waals surface area contributed by atoms with Crippen LogP contribution in [0, 0.1) is 0 Å². The summed E-state index contributed by atoms with van der Waals surface area (Å²) < 4.78 is 5.36. The maximum absolute atomic E-state index is 5.36. The van der Waals surface area contributed by atoms with Crippen LogP contribution < -0.4 is 20.5 Å². The Labute approximate surface area is 149 Å². The summed E-state index contributed by atoms with van der Waals surface area (Å²) in [5.41, 5.74) is 5.06. The number of nitrogens with one attached hydrogen (secondary N) is 3. The molecular weight excluding hydrogens is 322 g/mol. The highest BCUT2D eigenvalue weighted by Crippen LogP contribution is 2.10. The molecule has 1 fully saturated rings. The SMILES string of the molecule is CN(C)c1ccc(/C=N\NC(=S)NCCC[NH+]2CCOCC2)cc1. The first-order valence-corrected chi connectivity index (χ1v) is 8.81. The predicted molar refractivity (Wildman–Crippen MR) is 103 cm³/mol. The van der Waals surface area contributed by atoms with Crippen LogP contribution in [0.3, 0.4) is 0 Å². The molecule has 24 heavy (non-hydrogen) atoms. The quantitative estimate of drug-likeness (QED) is 0.277. The van der Waals surface area contributed by atoms with E-state index in [1.54, 1.807) is 11.1 Å². The molecular formula is C17H28N5OS+. The Hall–Kier alpha value is -1.70. The molecule has 0 aliphatic carbocycles. The van der Waals surface area contributed by atoms with E-state index in [9.17, 15) is 0 Å². The van der Waals surface area contributed by atoms with E-state index >= 15 is 0 Å². The number of ether oxygens (including phenoxy) is 1. The summed E-state index contributed by atoms with van der Waals surface area (Å²) in [4.78, 5) is 3.68. The van der Waals surface area contributed by atoms with Gasteiger partial charge in [0.2, 0.25) is 0 Å². The molecule has 0 spiro atoms. The van der Waals surface area contributed by atoms with Crippen molar-refractivity contribution < 1.29 is 9.64 Å². The third-order valence-corrected chi connectivity index (χ3v) is 4.22. The van der Waals surface area contributed by atoms with Crippen molar-refractivity contribution in [2.75, 3.05) is 58.4 Å². The van der Waals surface area contributed by atoms with Crippen LogP contribution in [0.15, 0.2) is 29.4 Å². The van der Waals surface area contributed by atoms with Crippen molar-refractivity contribution in [2.24, 2.45) is 5.10 Å². The molecule has 6 nitrogen and oxygen atoms in total. The average molecular weight is 351 g/mol. The lowest BCUT2D eigenvalue weighted by Gasteiger charge is -2.23. The minimum Gasteiger partial charge on any atom is -0.378 e. The fourth-order valence-electron chi connectivity index (χ4n) is 2.51. The number of nitrogens with zero attached hydrogens (tertiary/aromatic N) is 2. The molecule has 1 aromatic rings. The molecule has 3 N–H and O–H groups in total. The second kappa shape index (κ2) is 10.2. The number of rotatable bonds is 7. The Morgan fingerprint density at radius 2 is 2.00 bits per heavy atom. The van der Waals surface area contributed by atoms with Crippen molar-refractivity contribution in [3.05, 3.63) is 29.8 Å². The van der Waals surface area contributed by atoms with Gasteiger partial charge >= 0.3 is 0 Å². The molecule has 1 aliphatic rings. The van der Waals surface area contributed by atoms with Crippen molar-refractivity contribution in [3.63, 3.8) is 0 Å². The van der Waals surface area contributed by atoms with Gasteiger partial charge in [-0.2, -0.15) is 5.10 Å². The van der Waals surface area contributed by atoms with Crippen LogP contribution in [0.25, 0.3) is 0 Å². The van der Waals surface area contributed by atoms with Crippen LogP contribution in [-0.2, 0) is 4.74 Å². The van der Waals surface area contributed by atoms with Gasteiger partial charge in [-0.1, -0.05) is 12.1 Å². The predicted octanol–water partition coefficient (Wildman–Crippen LogP) is -0.144. The van der Waals surface area contributed by atoms with E-state index in [-0.39, 0.29) is 0 Å². The molecule has 0 unspecified atom stereocenters. The summed E-state index contributed by atoms with van der Waals surface area (Å²) >= 11 is 5.22. The van der Waals surface area contributed by atoms with E-state index in [4.69, 9.17) is 17.0 Å². The van der Waals surface area contributed by atoms with Crippen molar-refractivity contribution in [1.82, 2.24) is 10.7 Å². The number of anilines is 1. The van der Waals surface area contributed by atoms with Crippen molar-refractivity contribution in [3.8, 4) is 0 Å². The van der Waals surface area contributed by atoms with Gasteiger partial charge in [-0.15, -0.1) is 0 Å².